The van der Waals surface area contributed by atoms with Gasteiger partial charge in [-0.2, -0.15) is 0 Å². The first-order valence-electron chi connectivity index (χ1n) is 8.93. The van der Waals surface area contributed by atoms with Gasteiger partial charge in [0.2, 0.25) is 11.8 Å². The lowest BCUT2D eigenvalue weighted by molar-refractivity contribution is -0.137. The number of hydrogen-bond donors (Lipinski definition) is 0. The number of carbonyl (C=O) groups is 2. The van der Waals surface area contributed by atoms with Crippen LogP contribution in [-0.4, -0.2) is 38.6 Å². The molecule has 0 bridgehead atoms. The maximum absolute atomic E-state index is 12.9. The van der Waals surface area contributed by atoms with Crippen molar-refractivity contribution in [3.8, 4) is 0 Å². The number of hydrogen-bond acceptors (Lipinski definition) is 5. The van der Waals surface area contributed by atoms with Crippen molar-refractivity contribution >= 4 is 34.5 Å². The molecule has 1 saturated heterocycles. The number of carbonyl (C=O) groups excluding carboxylic acids is 2. The second-order valence-electron chi connectivity index (χ2n) is 6.84. The number of para-hydroxylation sites is 1. The normalized spacial score (nSPS) is 14.8. The SMILES string of the molecule is CC(C)CCn1c(SCCN2C(=O)CCC2=O)nc2ccccc2c1=O. The van der Waals surface area contributed by atoms with E-state index in [-0.39, 0.29) is 17.4 Å². The molecule has 1 fully saturated rings. The number of thioether (sulfide) groups is 1. The van der Waals surface area contributed by atoms with Crippen molar-refractivity contribution in [1.29, 1.82) is 0 Å². The summed E-state index contributed by atoms with van der Waals surface area (Å²) in [5.74, 6) is 0.786. The zero-order chi connectivity index (χ0) is 18.7. The first-order valence-corrected chi connectivity index (χ1v) is 9.91. The highest BCUT2D eigenvalue weighted by molar-refractivity contribution is 7.99. The highest BCUT2D eigenvalue weighted by atomic mass is 32.2. The number of nitrogens with zero attached hydrogens (tertiary/aromatic N) is 3. The molecule has 2 aromatic rings. The average Bonchev–Trinajstić information content (AvgIpc) is 2.93. The van der Waals surface area contributed by atoms with Gasteiger partial charge in [0.05, 0.1) is 10.9 Å². The lowest BCUT2D eigenvalue weighted by Crippen LogP contribution is -2.31. The van der Waals surface area contributed by atoms with E-state index in [0.717, 1.165) is 6.42 Å². The second kappa shape index (κ2) is 8.03. The topological polar surface area (TPSA) is 72.3 Å². The molecule has 0 N–H and O–H groups in total. The van der Waals surface area contributed by atoms with E-state index in [2.05, 4.69) is 18.8 Å². The Kier molecular flexibility index (Phi) is 5.76. The van der Waals surface area contributed by atoms with Crippen LogP contribution in [0.15, 0.2) is 34.2 Å². The van der Waals surface area contributed by atoms with Gasteiger partial charge in [-0.25, -0.2) is 4.98 Å². The number of fused-ring (bicyclic) bond motifs is 1. The highest BCUT2D eigenvalue weighted by Gasteiger charge is 2.28. The van der Waals surface area contributed by atoms with Crippen molar-refractivity contribution in [1.82, 2.24) is 14.5 Å². The lowest BCUT2D eigenvalue weighted by atomic mass is 10.1. The first-order chi connectivity index (χ1) is 12.5. The van der Waals surface area contributed by atoms with Gasteiger partial charge in [-0.05, 0) is 24.5 Å². The molecule has 0 spiro atoms. The minimum atomic E-state index is -0.112. The van der Waals surface area contributed by atoms with Crippen LogP contribution in [0.3, 0.4) is 0 Å². The molecule has 3 rings (SSSR count). The zero-order valence-electron chi connectivity index (χ0n) is 15.1. The van der Waals surface area contributed by atoms with Crippen molar-refractivity contribution in [2.45, 2.75) is 44.8 Å². The molecular weight excluding hydrogens is 350 g/mol. The third-order valence-corrected chi connectivity index (χ3v) is 5.41. The number of imide groups is 1. The maximum Gasteiger partial charge on any atom is 0.262 e. The van der Waals surface area contributed by atoms with Crippen LogP contribution >= 0.6 is 11.8 Å². The van der Waals surface area contributed by atoms with E-state index in [1.807, 2.05) is 18.2 Å². The summed E-state index contributed by atoms with van der Waals surface area (Å²) in [7, 11) is 0. The average molecular weight is 373 g/mol. The van der Waals surface area contributed by atoms with Gasteiger partial charge in [0.15, 0.2) is 5.16 Å². The Morgan fingerprint density at radius 1 is 1.08 bits per heavy atom. The van der Waals surface area contributed by atoms with E-state index in [9.17, 15) is 14.4 Å². The van der Waals surface area contributed by atoms with Gasteiger partial charge >= 0.3 is 0 Å². The van der Waals surface area contributed by atoms with Crippen LogP contribution in [0, 0.1) is 5.92 Å². The minimum absolute atomic E-state index is 0.0351. The van der Waals surface area contributed by atoms with E-state index < -0.39 is 0 Å². The molecule has 2 amide bonds. The number of rotatable bonds is 7. The van der Waals surface area contributed by atoms with Crippen LogP contribution in [-0.2, 0) is 16.1 Å². The summed E-state index contributed by atoms with van der Waals surface area (Å²) in [4.78, 5) is 42.3. The molecule has 26 heavy (non-hydrogen) atoms. The fourth-order valence-corrected chi connectivity index (χ4v) is 3.89. The van der Waals surface area contributed by atoms with E-state index in [1.54, 1.807) is 10.6 Å². The van der Waals surface area contributed by atoms with Crippen LogP contribution in [0.1, 0.15) is 33.1 Å². The van der Waals surface area contributed by atoms with Gasteiger partial charge in [-0.3, -0.25) is 23.9 Å². The molecule has 6 nitrogen and oxygen atoms in total. The monoisotopic (exact) mass is 373 g/mol. The van der Waals surface area contributed by atoms with Crippen LogP contribution in [0.2, 0.25) is 0 Å². The van der Waals surface area contributed by atoms with Crippen LogP contribution < -0.4 is 5.56 Å². The van der Waals surface area contributed by atoms with Gasteiger partial charge in [0.1, 0.15) is 0 Å². The predicted octanol–water partition coefficient (Wildman–Crippen LogP) is 2.68. The summed E-state index contributed by atoms with van der Waals surface area (Å²) in [6, 6.07) is 7.34. The molecule has 1 aromatic carbocycles. The quantitative estimate of drug-likeness (QED) is 0.424. The molecule has 1 aromatic heterocycles. The Hall–Kier alpha value is -2.15. The number of amides is 2. The van der Waals surface area contributed by atoms with E-state index >= 15 is 0 Å². The molecule has 2 heterocycles. The molecule has 0 atom stereocenters. The smallest absolute Gasteiger partial charge is 0.262 e. The number of aromatic nitrogens is 2. The highest BCUT2D eigenvalue weighted by Crippen LogP contribution is 2.20. The Morgan fingerprint density at radius 2 is 1.77 bits per heavy atom. The van der Waals surface area contributed by atoms with Crippen molar-refractivity contribution in [3.63, 3.8) is 0 Å². The third-order valence-electron chi connectivity index (χ3n) is 4.46. The summed E-state index contributed by atoms with van der Waals surface area (Å²) in [5.41, 5.74) is 0.640. The summed E-state index contributed by atoms with van der Waals surface area (Å²) in [6.07, 6.45) is 1.49. The first kappa shape index (κ1) is 18.6. The van der Waals surface area contributed by atoms with Crippen LogP contribution in [0.25, 0.3) is 10.9 Å². The lowest BCUT2D eigenvalue weighted by Gasteiger charge is -2.16. The Morgan fingerprint density at radius 3 is 2.46 bits per heavy atom. The van der Waals surface area contributed by atoms with Gasteiger partial charge in [-0.1, -0.05) is 37.7 Å². The summed E-state index contributed by atoms with van der Waals surface area (Å²) < 4.78 is 1.72. The van der Waals surface area contributed by atoms with Gasteiger partial charge < -0.3 is 0 Å². The Bertz CT molecular complexity index is 875. The molecule has 7 heteroatoms. The molecule has 0 aliphatic carbocycles. The molecule has 0 radical (unpaired) electrons. The van der Waals surface area contributed by atoms with Gasteiger partial charge in [0, 0.05) is 31.7 Å². The summed E-state index contributed by atoms with van der Waals surface area (Å²) in [5, 5.41) is 1.26. The van der Waals surface area contributed by atoms with Crippen molar-refractivity contribution < 1.29 is 9.59 Å². The van der Waals surface area contributed by atoms with Crippen molar-refractivity contribution in [2.75, 3.05) is 12.3 Å². The van der Waals surface area contributed by atoms with E-state index in [4.69, 9.17) is 0 Å². The Balaban J connectivity index is 1.83. The minimum Gasteiger partial charge on any atom is -0.287 e. The maximum atomic E-state index is 12.9. The Labute approximate surface area is 156 Å². The van der Waals surface area contributed by atoms with E-state index in [1.165, 1.54) is 16.7 Å². The molecule has 0 saturated carbocycles. The summed E-state index contributed by atoms with van der Waals surface area (Å²) in [6.45, 7) is 5.21. The fraction of sp³-hybridized carbons (Fsp3) is 0.474. The largest absolute Gasteiger partial charge is 0.287 e. The second-order valence-corrected chi connectivity index (χ2v) is 7.90. The molecule has 1 aliphatic heterocycles. The fourth-order valence-electron chi connectivity index (χ4n) is 2.94. The van der Waals surface area contributed by atoms with Gasteiger partial charge in [0.25, 0.3) is 5.56 Å². The van der Waals surface area contributed by atoms with Crippen molar-refractivity contribution in [2.24, 2.45) is 5.92 Å². The van der Waals surface area contributed by atoms with Crippen molar-refractivity contribution in [3.05, 3.63) is 34.6 Å². The standard InChI is InChI=1S/C19H23N3O3S/c1-13(2)9-10-22-18(25)14-5-3-4-6-15(14)20-19(22)26-12-11-21-16(23)7-8-17(21)24/h3-6,13H,7-12H2,1-2H3. The molecular formula is C19H23N3O3S. The molecule has 0 unspecified atom stereocenters. The zero-order valence-corrected chi connectivity index (χ0v) is 15.9. The van der Waals surface area contributed by atoms with Crippen LogP contribution in [0.4, 0.5) is 0 Å². The molecule has 138 valence electrons. The predicted molar refractivity (Wildman–Crippen MR) is 102 cm³/mol. The van der Waals surface area contributed by atoms with E-state index in [0.29, 0.717) is 53.7 Å². The molecule has 1 aliphatic rings. The number of benzene rings is 1. The third kappa shape index (κ3) is 3.98. The number of likely N-dealkylation sites (tertiary alicyclic amines) is 1. The van der Waals surface area contributed by atoms with Gasteiger partial charge in [-0.15, -0.1) is 0 Å². The summed E-state index contributed by atoms with van der Waals surface area (Å²) >= 11 is 1.42. The van der Waals surface area contributed by atoms with Crippen LogP contribution in [0.5, 0.6) is 0 Å².